The molecule has 0 aliphatic rings. The van der Waals surface area contributed by atoms with Crippen molar-refractivity contribution < 1.29 is 18.7 Å². The topological polar surface area (TPSA) is 51.9 Å². The smallest absolute Gasteiger partial charge is 0.289 e. The number of amides is 1. The molecular weight excluding hydrogens is 210 g/mol. The lowest BCUT2D eigenvalue weighted by atomic mass is 10.3. The molecule has 1 heterocycles. The lowest BCUT2D eigenvalue weighted by Crippen LogP contribution is -2.36. The molecule has 0 bridgehead atoms. The number of nitrogens with zero attached hydrogens (tertiary/aromatic N) is 1. The summed E-state index contributed by atoms with van der Waals surface area (Å²) in [6.45, 7) is 2.05. The van der Waals surface area contributed by atoms with Gasteiger partial charge in [-0.25, -0.2) is 0 Å². The van der Waals surface area contributed by atoms with Gasteiger partial charge in [-0.1, -0.05) is 0 Å². The minimum absolute atomic E-state index is 0.140. The molecule has 0 fully saturated rings. The van der Waals surface area contributed by atoms with E-state index in [9.17, 15) is 4.79 Å². The zero-order valence-electron chi connectivity index (χ0n) is 9.64. The quantitative estimate of drug-likeness (QED) is 0.697. The average molecular weight is 227 g/mol. The Morgan fingerprint density at radius 3 is 2.38 bits per heavy atom. The summed E-state index contributed by atoms with van der Waals surface area (Å²) in [4.78, 5) is 13.6. The molecule has 0 aliphatic heterocycles. The van der Waals surface area contributed by atoms with Crippen molar-refractivity contribution in [3.63, 3.8) is 0 Å². The molecule has 1 amide bonds. The summed E-state index contributed by atoms with van der Waals surface area (Å²) in [6, 6.07) is 3.34. The van der Waals surface area contributed by atoms with Crippen molar-refractivity contribution in [1.82, 2.24) is 4.90 Å². The van der Waals surface area contributed by atoms with Gasteiger partial charge in [0.1, 0.15) is 0 Å². The summed E-state index contributed by atoms with van der Waals surface area (Å²) >= 11 is 0. The minimum Gasteiger partial charge on any atom is -0.459 e. The first-order valence-electron chi connectivity index (χ1n) is 5.10. The van der Waals surface area contributed by atoms with Gasteiger partial charge in [-0.2, -0.15) is 0 Å². The van der Waals surface area contributed by atoms with Crippen LogP contribution < -0.4 is 0 Å². The van der Waals surface area contributed by atoms with E-state index >= 15 is 0 Å². The van der Waals surface area contributed by atoms with Gasteiger partial charge in [0.05, 0.1) is 19.5 Å². The van der Waals surface area contributed by atoms with Crippen molar-refractivity contribution in [3.8, 4) is 0 Å². The van der Waals surface area contributed by atoms with Crippen molar-refractivity contribution in [3.05, 3.63) is 24.2 Å². The van der Waals surface area contributed by atoms with Crippen molar-refractivity contribution >= 4 is 5.91 Å². The first kappa shape index (κ1) is 12.7. The van der Waals surface area contributed by atoms with Crippen molar-refractivity contribution in [1.29, 1.82) is 0 Å². The third kappa shape index (κ3) is 3.67. The Morgan fingerprint density at radius 1 is 1.31 bits per heavy atom. The maximum atomic E-state index is 11.9. The van der Waals surface area contributed by atoms with Crippen LogP contribution in [0.25, 0.3) is 0 Å². The lowest BCUT2D eigenvalue weighted by Gasteiger charge is -2.20. The second kappa shape index (κ2) is 7.03. The number of hydrogen-bond donors (Lipinski definition) is 0. The molecular formula is C11H17NO4. The molecule has 0 N–H and O–H groups in total. The van der Waals surface area contributed by atoms with Crippen LogP contribution in [-0.4, -0.2) is 51.3 Å². The van der Waals surface area contributed by atoms with E-state index in [-0.39, 0.29) is 5.91 Å². The van der Waals surface area contributed by atoms with E-state index < -0.39 is 0 Å². The molecule has 1 aromatic heterocycles. The number of carbonyl (C=O) groups excluding carboxylic acids is 1. The predicted octanol–water partition coefficient (Wildman–Crippen LogP) is 1.01. The average Bonchev–Trinajstić information content (AvgIpc) is 2.82. The number of ether oxygens (including phenoxy) is 2. The molecule has 0 saturated carbocycles. The van der Waals surface area contributed by atoms with Gasteiger partial charge in [-0.3, -0.25) is 4.79 Å². The van der Waals surface area contributed by atoms with E-state index in [2.05, 4.69) is 0 Å². The Morgan fingerprint density at radius 2 is 1.94 bits per heavy atom. The SMILES string of the molecule is COCCN(CCOC)C(=O)c1ccco1. The van der Waals surface area contributed by atoms with Crippen molar-refractivity contribution in [2.24, 2.45) is 0 Å². The largest absolute Gasteiger partial charge is 0.459 e. The van der Waals surface area contributed by atoms with E-state index in [4.69, 9.17) is 13.9 Å². The van der Waals surface area contributed by atoms with E-state index in [0.29, 0.717) is 32.1 Å². The van der Waals surface area contributed by atoms with Gasteiger partial charge in [-0.15, -0.1) is 0 Å². The number of rotatable bonds is 7. The number of methoxy groups -OCH3 is 2. The Labute approximate surface area is 94.9 Å². The molecule has 0 radical (unpaired) electrons. The Kier molecular flexibility index (Phi) is 5.60. The first-order chi connectivity index (χ1) is 7.79. The maximum absolute atomic E-state index is 11.9. The van der Waals surface area contributed by atoms with E-state index in [0.717, 1.165) is 0 Å². The molecule has 1 rings (SSSR count). The second-order valence-electron chi connectivity index (χ2n) is 3.26. The van der Waals surface area contributed by atoms with Crippen LogP contribution in [0.1, 0.15) is 10.6 Å². The van der Waals surface area contributed by atoms with Crippen LogP contribution in [0.15, 0.2) is 22.8 Å². The fourth-order valence-electron chi connectivity index (χ4n) is 1.27. The molecule has 0 aromatic carbocycles. The van der Waals surface area contributed by atoms with Crippen LogP contribution in [0.4, 0.5) is 0 Å². The highest BCUT2D eigenvalue weighted by molar-refractivity contribution is 5.91. The molecule has 5 heteroatoms. The van der Waals surface area contributed by atoms with Gasteiger partial charge in [0.25, 0.3) is 5.91 Å². The molecule has 0 unspecified atom stereocenters. The van der Waals surface area contributed by atoms with Crippen LogP contribution in [0, 0.1) is 0 Å². The van der Waals surface area contributed by atoms with Gasteiger partial charge in [0.2, 0.25) is 0 Å². The normalized spacial score (nSPS) is 10.4. The van der Waals surface area contributed by atoms with Crippen LogP contribution in [-0.2, 0) is 9.47 Å². The molecule has 90 valence electrons. The standard InChI is InChI=1S/C11H17NO4/c1-14-8-5-12(6-9-15-2)11(13)10-4-3-7-16-10/h3-4,7H,5-6,8-9H2,1-2H3. The summed E-state index contributed by atoms with van der Waals surface area (Å²) in [5.74, 6) is 0.200. The molecule has 16 heavy (non-hydrogen) atoms. The second-order valence-corrected chi connectivity index (χ2v) is 3.26. The predicted molar refractivity (Wildman–Crippen MR) is 58.4 cm³/mol. The zero-order chi connectivity index (χ0) is 11.8. The molecule has 0 spiro atoms. The van der Waals surface area contributed by atoms with Gasteiger partial charge in [-0.05, 0) is 12.1 Å². The highest BCUT2D eigenvalue weighted by Crippen LogP contribution is 2.05. The van der Waals surface area contributed by atoms with Crippen LogP contribution in [0.5, 0.6) is 0 Å². The molecule has 0 aliphatic carbocycles. The zero-order valence-corrected chi connectivity index (χ0v) is 9.64. The van der Waals surface area contributed by atoms with Gasteiger partial charge in [0, 0.05) is 27.3 Å². The number of hydrogen-bond acceptors (Lipinski definition) is 4. The fraction of sp³-hybridized carbons (Fsp3) is 0.545. The van der Waals surface area contributed by atoms with Crippen LogP contribution >= 0.6 is 0 Å². The molecule has 0 atom stereocenters. The third-order valence-electron chi connectivity index (χ3n) is 2.15. The fourth-order valence-corrected chi connectivity index (χ4v) is 1.27. The van der Waals surface area contributed by atoms with Crippen molar-refractivity contribution in [2.75, 3.05) is 40.5 Å². The Balaban J connectivity index is 2.56. The summed E-state index contributed by atoms with van der Waals surface area (Å²) < 4.78 is 15.0. The number of furan rings is 1. The maximum Gasteiger partial charge on any atom is 0.289 e. The van der Waals surface area contributed by atoms with E-state index in [1.807, 2.05) is 0 Å². The minimum atomic E-state index is -0.140. The monoisotopic (exact) mass is 227 g/mol. The highest BCUT2D eigenvalue weighted by Gasteiger charge is 2.17. The summed E-state index contributed by atoms with van der Waals surface area (Å²) in [5, 5.41) is 0. The first-order valence-corrected chi connectivity index (χ1v) is 5.10. The Hall–Kier alpha value is -1.33. The molecule has 0 saturated heterocycles. The summed E-state index contributed by atoms with van der Waals surface area (Å²) in [7, 11) is 3.21. The van der Waals surface area contributed by atoms with Crippen LogP contribution in [0.2, 0.25) is 0 Å². The lowest BCUT2D eigenvalue weighted by molar-refractivity contribution is 0.0598. The van der Waals surface area contributed by atoms with Gasteiger partial charge in [0.15, 0.2) is 5.76 Å². The molecule has 5 nitrogen and oxygen atoms in total. The van der Waals surface area contributed by atoms with Gasteiger partial charge >= 0.3 is 0 Å². The summed E-state index contributed by atoms with van der Waals surface area (Å²) in [5.41, 5.74) is 0. The third-order valence-corrected chi connectivity index (χ3v) is 2.15. The van der Waals surface area contributed by atoms with Crippen molar-refractivity contribution in [2.45, 2.75) is 0 Å². The van der Waals surface area contributed by atoms with E-state index in [1.165, 1.54) is 6.26 Å². The van der Waals surface area contributed by atoms with Gasteiger partial charge < -0.3 is 18.8 Å². The Bertz CT molecular complexity index is 289. The molecule has 1 aromatic rings. The number of carbonyl (C=O) groups is 1. The van der Waals surface area contributed by atoms with Crippen LogP contribution in [0.3, 0.4) is 0 Å². The van der Waals surface area contributed by atoms with E-state index in [1.54, 1.807) is 31.3 Å². The summed E-state index contributed by atoms with van der Waals surface area (Å²) in [6.07, 6.45) is 1.48. The highest BCUT2D eigenvalue weighted by atomic mass is 16.5.